The zero-order valence-corrected chi connectivity index (χ0v) is 6.14. The molecule has 10 heavy (non-hydrogen) atoms. The third-order valence-electron chi connectivity index (χ3n) is 1.29. The van der Waals surface area contributed by atoms with Crippen molar-refractivity contribution in [3.05, 3.63) is 6.42 Å². The van der Waals surface area contributed by atoms with Gasteiger partial charge in [0.1, 0.15) is 0 Å². The number of hydrogen-bond donors (Lipinski definition) is 1. The first-order valence-corrected chi connectivity index (χ1v) is 3.99. The molecule has 1 aliphatic rings. The predicted octanol–water partition coefficient (Wildman–Crippen LogP) is 0.170. The van der Waals surface area contributed by atoms with Crippen molar-refractivity contribution in [2.75, 3.05) is 11.5 Å². The molecule has 2 rings (SSSR count). The molecule has 2 heterocycles. The van der Waals surface area contributed by atoms with E-state index < -0.39 is 0 Å². The number of aromatic nitrogens is 3. The summed E-state index contributed by atoms with van der Waals surface area (Å²) in [6.07, 6.45) is 2.14. The van der Waals surface area contributed by atoms with Crippen LogP contribution >= 0.6 is 11.8 Å². The van der Waals surface area contributed by atoms with Crippen molar-refractivity contribution in [3.8, 4) is 0 Å². The minimum absolute atomic E-state index is 0.373. The number of anilines is 1. The fourth-order valence-electron chi connectivity index (χ4n) is 0.879. The van der Waals surface area contributed by atoms with Gasteiger partial charge in [-0.2, -0.15) is 4.98 Å². The Morgan fingerprint density at radius 1 is 1.70 bits per heavy atom. The van der Waals surface area contributed by atoms with Crippen LogP contribution in [-0.4, -0.2) is 20.5 Å². The highest BCUT2D eigenvalue weighted by Crippen LogP contribution is 2.21. The van der Waals surface area contributed by atoms with Gasteiger partial charge in [0.2, 0.25) is 5.95 Å². The summed E-state index contributed by atoms with van der Waals surface area (Å²) in [6, 6.07) is 0. The Bertz CT molecular complexity index is 220. The Labute approximate surface area is 62.8 Å². The average Bonchev–Trinajstić information content (AvgIpc) is 2.27. The van der Waals surface area contributed by atoms with E-state index in [1.807, 2.05) is 4.68 Å². The molecule has 0 spiro atoms. The van der Waals surface area contributed by atoms with E-state index in [1.165, 1.54) is 0 Å². The highest BCUT2D eigenvalue weighted by molar-refractivity contribution is 7.99. The van der Waals surface area contributed by atoms with Crippen LogP contribution in [0.25, 0.3) is 0 Å². The maximum atomic E-state index is 5.39. The fourth-order valence-corrected chi connectivity index (χ4v) is 1.67. The van der Waals surface area contributed by atoms with E-state index in [0.717, 1.165) is 17.5 Å². The molecule has 0 aliphatic carbocycles. The lowest BCUT2D eigenvalue weighted by Crippen LogP contribution is -2.08. The van der Waals surface area contributed by atoms with E-state index in [0.29, 0.717) is 5.95 Å². The summed E-state index contributed by atoms with van der Waals surface area (Å²) < 4.78 is 1.81. The summed E-state index contributed by atoms with van der Waals surface area (Å²) in [5.74, 6) is 1.39. The lowest BCUT2D eigenvalue weighted by atomic mass is 10.5. The van der Waals surface area contributed by atoms with Gasteiger partial charge in [-0.05, 0) is 6.42 Å². The van der Waals surface area contributed by atoms with Crippen LogP contribution in [0, 0.1) is 6.42 Å². The van der Waals surface area contributed by atoms with E-state index in [1.54, 1.807) is 11.8 Å². The van der Waals surface area contributed by atoms with Gasteiger partial charge in [-0.1, -0.05) is 11.8 Å². The van der Waals surface area contributed by atoms with Crippen molar-refractivity contribution in [2.24, 2.45) is 0 Å². The number of hydrogen-bond acceptors (Lipinski definition) is 4. The van der Waals surface area contributed by atoms with Gasteiger partial charge < -0.3 is 5.73 Å². The van der Waals surface area contributed by atoms with Crippen molar-refractivity contribution < 1.29 is 0 Å². The standard InChI is InChI=1S/C5H7N4S/c6-4-7-5-9(8-4)2-1-3-10-5/h1H,2-3H2,(H2,6,8). The molecule has 0 bridgehead atoms. The molecule has 0 amide bonds. The summed E-state index contributed by atoms with van der Waals surface area (Å²) >= 11 is 1.66. The second kappa shape index (κ2) is 2.16. The Hall–Kier alpha value is -0.710. The summed E-state index contributed by atoms with van der Waals surface area (Å²) in [5.41, 5.74) is 5.39. The van der Waals surface area contributed by atoms with E-state index >= 15 is 0 Å². The molecule has 0 aromatic carbocycles. The van der Waals surface area contributed by atoms with Gasteiger partial charge in [-0.3, -0.25) is 0 Å². The third-order valence-corrected chi connectivity index (χ3v) is 2.25. The van der Waals surface area contributed by atoms with Crippen molar-refractivity contribution >= 4 is 17.7 Å². The largest absolute Gasteiger partial charge is 0.366 e. The summed E-state index contributed by atoms with van der Waals surface area (Å²) in [7, 11) is 0. The van der Waals surface area contributed by atoms with E-state index in [-0.39, 0.29) is 0 Å². The van der Waals surface area contributed by atoms with Crippen LogP contribution in [0.3, 0.4) is 0 Å². The van der Waals surface area contributed by atoms with Gasteiger partial charge in [0.25, 0.3) is 0 Å². The lowest BCUT2D eigenvalue weighted by molar-refractivity contribution is 0.599. The van der Waals surface area contributed by atoms with Crippen molar-refractivity contribution in [1.82, 2.24) is 14.8 Å². The quantitative estimate of drug-likeness (QED) is 0.580. The molecule has 0 atom stereocenters. The van der Waals surface area contributed by atoms with Crippen LogP contribution < -0.4 is 5.73 Å². The Morgan fingerprint density at radius 2 is 2.60 bits per heavy atom. The molecule has 1 radical (unpaired) electrons. The van der Waals surface area contributed by atoms with Crippen LogP contribution in [0.2, 0.25) is 0 Å². The molecular formula is C5H7N4S. The van der Waals surface area contributed by atoms with Crippen molar-refractivity contribution in [3.63, 3.8) is 0 Å². The zero-order chi connectivity index (χ0) is 6.97. The summed E-state index contributed by atoms with van der Waals surface area (Å²) in [4.78, 5) is 4.02. The molecule has 0 fully saturated rings. The van der Waals surface area contributed by atoms with E-state index in [2.05, 4.69) is 16.5 Å². The minimum atomic E-state index is 0.373. The molecule has 0 saturated carbocycles. The second-order valence-electron chi connectivity index (χ2n) is 2.03. The first-order chi connectivity index (χ1) is 4.86. The average molecular weight is 155 g/mol. The predicted molar refractivity (Wildman–Crippen MR) is 39.5 cm³/mol. The topological polar surface area (TPSA) is 56.7 Å². The molecule has 1 aromatic rings. The van der Waals surface area contributed by atoms with Crippen molar-refractivity contribution in [2.45, 2.75) is 11.7 Å². The Morgan fingerprint density at radius 3 is 3.40 bits per heavy atom. The molecule has 1 aliphatic heterocycles. The van der Waals surface area contributed by atoms with Crippen LogP contribution in [0.15, 0.2) is 5.16 Å². The molecular weight excluding hydrogens is 148 g/mol. The third kappa shape index (κ3) is 0.862. The first kappa shape index (κ1) is 6.03. The zero-order valence-electron chi connectivity index (χ0n) is 5.32. The second-order valence-corrected chi connectivity index (χ2v) is 3.02. The number of rotatable bonds is 0. The molecule has 0 saturated heterocycles. The number of nitrogen functional groups attached to an aromatic ring is 1. The first-order valence-electron chi connectivity index (χ1n) is 3.01. The smallest absolute Gasteiger partial charge is 0.240 e. The Kier molecular flexibility index (Phi) is 1.30. The van der Waals surface area contributed by atoms with Gasteiger partial charge in [-0.15, -0.1) is 5.10 Å². The van der Waals surface area contributed by atoms with Crippen LogP contribution in [-0.2, 0) is 6.54 Å². The Balaban J connectivity index is 2.41. The lowest BCUT2D eigenvalue weighted by Gasteiger charge is -2.08. The molecule has 0 unspecified atom stereocenters. The number of fused-ring (bicyclic) bond motifs is 1. The monoisotopic (exact) mass is 155 g/mol. The highest BCUT2D eigenvalue weighted by Gasteiger charge is 2.12. The molecule has 2 N–H and O–H groups in total. The summed E-state index contributed by atoms with van der Waals surface area (Å²) in [5, 5.41) is 4.91. The van der Waals surface area contributed by atoms with Gasteiger partial charge in [0, 0.05) is 12.3 Å². The molecule has 5 heteroatoms. The maximum Gasteiger partial charge on any atom is 0.240 e. The molecule has 4 nitrogen and oxygen atoms in total. The van der Waals surface area contributed by atoms with Gasteiger partial charge in [-0.25, -0.2) is 4.68 Å². The van der Waals surface area contributed by atoms with Gasteiger partial charge in [0.15, 0.2) is 5.16 Å². The van der Waals surface area contributed by atoms with E-state index in [4.69, 9.17) is 5.73 Å². The molecule has 1 aromatic heterocycles. The van der Waals surface area contributed by atoms with Gasteiger partial charge in [0.05, 0.1) is 0 Å². The number of thioether (sulfide) groups is 1. The SMILES string of the molecule is Nc1nc2n(n1)C[CH]CS2. The minimum Gasteiger partial charge on any atom is -0.366 e. The van der Waals surface area contributed by atoms with Gasteiger partial charge >= 0.3 is 0 Å². The van der Waals surface area contributed by atoms with E-state index in [9.17, 15) is 0 Å². The number of nitrogens with zero attached hydrogens (tertiary/aromatic N) is 3. The fraction of sp³-hybridized carbons (Fsp3) is 0.400. The molecule has 53 valence electrons. The highest BCUT2D eigenvalue weighted by atomic mass is 32.2. The summed E-state index contributed by atoms with van der Waals surface area (Å²) in [6.45, 7) is 0.840. The van der Waals surface area contributed by atoms with Crippen LogP contribution in [0.1, 0.15) is 0 Å². The maximum absolute atomic E-state index is 5.39. The van der Waals surface area contributed by atoms with Crippen molar-refractivity contribution in [1.29, 1.82) is 0 Å². The van der Waals surface area contributed by atoms with Crippen LogP contribution in [0.5, 0.6) is 0 Å². The number of nitrogens with two attached hydrogens (primary N) is 1. The normalized spacial score (nSPS) is 16.8. The van der Waals surface area contributed by atoms with Crippen LogP contribution in [0.4, 0.5) is 5.95 Å².